The fraction of sp³-hybridized carbons (Fsp3) is 0.556. The predicted molar refractivity (Wildman–Crippen MR) is 92.0 cm³/mol. The van der Waals surface area contributed by atoms with Crippen molar-refractivity contribution in [1.29, 1.82) is 0 Å². The number of benzene rings is 1. The molecule has 24 heavy (non-hydrogen) atoms. The number of nitrogens with one attached hydrogen (secondary N) is 1. The molecule has 0 spiro atoms. The summed E-state index contributed by atoms with van der Waals surface area (Å²) >= 11 is 0. The molecule has 1 saturated carbocycles. The Labute approximate surface area is 142 Å². The summed E-state index contributed by atoms with van der Waals surface area (Å²) in [5.41, 5.74) is 6.07. The topological polar surface area (TPSA) is 75.4 Å². The molecule has 5 nitrogen and oxygen atoms in total. The zero-order valence-electron chi connectivity index (χ0n) is 14.0. The molecule has 0 aliphatic heterocycles. The monoisotopic (exact) mass is 335 g/mol. The van der Waals surface area contributed by atoms with Crippen LogP contribution >= 0.6 is 0 Å². The molecule has 2 rings (SSSR count). The Morgan fingerprint density at radius 2 is 1.83 bits per heavy atom. The van der Waals surface area contributed by atoms with Gasteiger partial charge >= 0.3 is 6.03 Å². The van der Waals surface area contributed by atoms with E-state index in [1.807, 2.05) is 0 Å². The number of urea groups is 1. The normalized spacial score (nSPS) is 15.0. The number of nitrogens with two attached hydrogens (primary N) is 1. The van der Waals surface area contributed by atoms with Crippen LogP contribution in [0.1, 0.15) is 44.9 Å². The Hall–Kier alpha value is -2.11. The smallest absolute Gasteiger partial charge is 0.321 e. The van der Waals surface area contributed by atoms with E-state index in [1.54, 1.807) is 12.1 Å². The molecular weight excluding hydrogens is 309 g/mol. The highest BCUT2D eigenvalue weighted by atomic mass is 19.1. The van der Waals surface area contributed by atoms with Crippen LogP contribution in [0, 0.1) is 11.7 Å². The molecule has 0 bridgehead atoms. The van der Waals surface area contributed by atoms with Gasteiger partial charge in [0.15, 0.2) is 0 Å². The summed E-state index contributed by atoms with van der Waals surface area (Å²) in [6, 6.07) is 5.20. The molecule has 1 aliphatic rings. The molecule has 6 heteroatoms. The van der Waals surface area contributed by atoms with Gasteiger partial charge in [-0.2, -0.15) is 0 Å². The maximum Gasteiger partial charge on any atom is 0.321 e. The number of nitrogens with zero attached hydrogens (tertiary/aromatic N) is 1. The molecule has 1 aromatic carbocycles. The van der Waals surface area contributed by atoms with Crippen molar-refractivity contribution in [3.63, 3.8) is 0 Å². The molecule has 1 aliphatic carbocycles. The third kappa shape index (κ3) is 5.83. The molecule has 0 aromatic heterocycles. The van der Waals surface area contributed by atoms with Crippen molar-refractivity contribution in [1.82, 2.24) is 4.90 Å². The Kier molecular flexibility index (Phi) is 7.03. The second-order valence-corrected chi connectivity index (χ2v) is 6.36. The summed E-state index contributed by atoms with van der Waals surface area (Å²) in [4.78, 5) is 24.9. The van der Waals surface area contributed by atoms with Gasteiger partial charge in [-0.1, -0.05) is 32.1 Å². The Balaban J connectivity index is 1.76. The molecule has 0 atom stereocenters. The summed E-state index contributed by atoms with van der Waals surface area (Å²) in [5, 5.41) is 3.05. The molecule has 3 N–H and O–H groups in total. The minimum absolute atomic E-state index is 0.205. The van der Waals surface area contributed by atoms with Crippen LogP contribution < -0.4 is 11.1 Å². The van der Waals surface area contributed by atoms with E-state index in [-0.39, 0.29) is 18.3 Å². The quantitative estimate of drug-likeness (QED) is 0.801. The summed E-state index contributed by atoms with van der Waals surface area (Å²) in [6.07, 6.45) is 7.30. The summed E-state index contributed by atoms with van der Waals surface area (Å²) in [6.45, 7) is 0.583. The summed E-state index contributed by atoms with van der Waals surface area (Å²) < 4.78 is 12.8. The number of hydrogen-bond acceptors (Lipinski definition) is 3. The third-order valence-electron chi connectivity index (χ3n) is 4.57. The van der Waals surface area contributed by atoms with E-state index in [9.17, 15) is 14.0 Å². The first kappa shape index (κ1) is 18.2. The SMILES string of the molecule is NC(=O)N(CCNc1ccc(F)cc1)C(=O)CCC1CCCCC1. The van der Waals surface area contributed by atoms with Crippen molar-refractivity contribution in [3.8, 4) is 0 Å². The van der Waals surface area contributed by atoms with Crippen molar-refractivity contribution in [2.24, 2.45) is 11.7 Å². The molecule has 1 aromatic rings. The van der Waals surface area contributed by atoms with Crippen LogP contribution in [-0.2, 0) is 4.79 Å². The fourth-order valence-electron chi connectivity index (χ4n) is 3.18. The number of amides is 3. The first-order valence-electron chi connectivity index (χ1n) is 8.65. The van der Waals surface area contributed by atoms with Gasteiger partial charge in [0.25, 0.3) is 0 Å². The van der Waals surface area contributed by atoms with E-state index in [0.29, 0.717) is 18.9 Å². The summed E-state index contributed by atoms with van der Waals surface area (Å²) in [5.74, 6) is 0.0703. The number of rotatable bonds is 7. The average Bonchev–Trinajstić information content (AvgIpc) is 2.59. The molecule has 1 fully saturated rings. The zero-order chi connectivity index (χ0) is 17.4. The highest BCUT2D eigenvalue weighted by molar-refractivity contribution is 5.93. The van der Waals surface area contributed by atoms with Gasteiger partial charge in [-0.3, -0.25) is 9.69 Å². The standard InChI is InChI=1S/C18H26FN3O2/c19-15-7-9-16(10-8-15)21-12-13-22(18(20)24)17(23)11-6-14-4-2-1-3-5-14/h7-10,14,21H,1-6,11-13H2,(H2,20,24). The fourth-order valence-corrected chi connectivity index (χ4v) is 3.18. The Morgan fingerprint density at radius 3 is 2.46 bits per heavy atom. The van der Waals surface area contributed by atoms with Gasteiger partial charge in [0, 0.05) is 25.2 Å². The molecule has 3 amide bonds. The number of carbonyl (C=O) groups excluding carboxylic acids is 2. The number of hydrogen-bond donors (Lipinski definition) is 2. The molecule has 0 heterocycles. The van der Waals surface area contributed by atoms with Crippen molar-refractivity contribution in [2.45, 2.75) is 44.9 Å². The molecule has 0 saturated heterocycles. The minimum Gasteiger partial charge on any atom is -0.383 e. The highest BCUT2D eigenvalue weighted by Gasteiger charge is 2.21. The summed E-state index contributed by atoms with van der Waals surface area (Å²) in [7, 11) is 0. The van der Waals surface area contributed by atoms with Crippen molar-refractivity contribution < 1.29 is 14.0 Å². The van der Waals surface area contributed by atoms with Gasteiger partial charge in [0.05, 0.1) is 0 Å². The van der Waals surface area contributed by atoms with E-state index in [4.69, 9.17) is 5.73 Å². The lowest BCUT2D eigenvalue weighted by Gasteiger charge is -2.23. The predicted octanol–water partition coefficient (Wildman–Crippen LogP) is 3.51. The first-order chi connectivity index (χ1) is 11.6. The molecule has 0 radical (unpaired) electrons. The van der Waals surface area contributed by atoms with Crippen LogP contribution in [0.25, 0.3) is 0 Å². The van der Waals surface area contributed by atoms with Crippen LogP contribution in [0.15, 0.2) is 24.3 Å². The van der Waals surface area contributed by atoms with Crippen LogP contribution in [0.4, 0.5) is 14.9 Å². The lowest BCUT2D eigenvalue weighted by Crippen LogP contribution is -2.43. The Morgan fingerprint density at radius 1 is 1.17 bits per heavy atom. The van der Waals surface area contributed by atoms with E-state index in [0.717, 1.165) is 17.0 Å². The molecule has 0 unspecified atom stereocenters. The lowest BCUT2D eigenvalue weighted by molar-refractivity contribution is -0.128. The lowest BCUT2D eigenvalue weighted by atomic mass is 9.86. The average molecular weight is 335 g/mol. The van der Waals surface area contributed by atoms with Crippen molar-refractivity contribution in [3.05, 3.63) is 30.1 Å². The van der Waals surface area contributed by atoms with E-state index >= 15 is 0 Å². The van der Waals surface area contributed by atoms with E-state index in [2.05, 4.69) is 5.32 Å². The minimum atomic E-state index is -0.718. The maximum atomic E-state index is 12.8. The van der Waals surface area contributed by atoms with Gasteiger partial charge in [0.1, 0.15) is 5.82 Å². The van der Waals surface area contributed by atoms with Gasteiger partial charge in [-0.25, -0.2) is 9.18 Å². The van der Waals surface area contributed by atoms with Gasteiger partial charge in [0.2, 0.25) is 5.91 Å². The van der Waals surface area contributed by atoms with E-state index < -0.39 is 6.03 Å². The molecule has 132 valence electrons. The Bertz CT molecular complexity index is 542. The number of anilines is 1. The van der Waals surface area contributed by atoms with Gasteiger partial charge in [-0.05, 0) is 36.6 Å². The molecular formula is C18H26FN3O2. The number of imide groups is 1. The number of carbonyl (C=O) groups is 2. The first-order valence-corrected chi connectivity index (χ1v) is 8.65. The number of halogens is 1. The van der Waals surface area contributed by atoms with Gasteiger partial charge in [-0.15, -0.1) is 0 Å². The zero-order valence-corrected chi connectivity index (χ0v) is 14.0. The second kappa shape index (κ2) is 9.25. The second-order valence-electron chi connectivity index (χ2n) is 6.36. The number of primary amides is 1. The van der Waals surface area contributed by atoms with Crippen LogP contribution in [-0.4, -0.2) is 29.9 Å². The van der Waals surface area contributed by atoms with Crippen molar-refractivity contribution in [2.75, 3.05) is 18.4 Å². The van der Waals surface area contributed by atoms with Crippen LogP contribution in [0.2, 0.25) is 0 Å². The van der Waals surface area contributed by atoms with Crippen molar-refractivity contribution >= 4 is 17.6 Å². The third-order valence-corrected chi connectivity index (χ3v) is 4.57. The van der Waals surface area contributed by atoms with Crippen LogP contribution in [0.5, 0.6) is 0 Å². The van der Waals surface area contributed by atoms with Gasteiger partial charge < -0.3 is 11.1 Å². The van der Waals surface area contributed by atoms with E-state index in [1.165, 1.54) is 44.2 Å². The maximum absolute atomic E-state index is 12.8. The highest BCUT2D eigenvalue weighted by Crippen LogP contribution is 2.27. The van der Waals surface area contributed by atoms with Crippen LogP contribution in [0.3, 0.4) is 0 Å². The largest absolute Gasteiger partial charge is 0.383 e.